The molecule has 0 spiro atoms. The van der Waals surface area contributed by atoms with Gasteiger partial charge in [-0.15, -0.1) is 0 Å². The molecule has 0 fully saturated rings. The van der Waals surface area contributed by atoms with Gasteiger partial charge in [0.2, 0.25) is 0 Å². The molecule has 0 heterocycles. The van der Waals surface area contributed by atoms with Gasteiger partial charge in [0.25, 0.3) is 0 Å². The van der Waals surface area contributed by atoms with Crippen LogP contribution in [0.1, 0.15) is 20.3 Å². The monoisotopic (exact) mass is 209 g/mol. The Morgan fingerprint density at radius 2 is 1.54 bits per heavy atom. The van der Waals surface area contributed by atoms with Gasteiger partial charge in [-0.2, -0.15) is 0 Å². The van der Waals surface area contributed by atoms with Gasteiger partial charge in [-0.05, 0) is 20.4 Å². The highest BCUT2D eigenvalue weighted by Gasteiger charge is 2.04. The van der Waals surface area contributed by atoms with Crippen LogP contribution in [0.5, 0.6) is 0 Å². The largest absolute Gasteiger partial charge is 0.483 e. The molecule has 1 atom stereocenters. The highest BCUT2D eigenvalue weighted by Crippen LogP contribution is 1.82. The molecule has 0 aromatic carbocycles. The van der Waals surface area contributed by atoms with Crippen molar-refractivity contribution < 1.29 is 13.3 Å². The maximum Gasteiger partial charge on any atom is 0.483 e. The van der Waals surface area contributed by atoms with Crippen LogP contribution in [0.25, 0.3) is 0 Å². The highest BCUT2D eigenvalue weighted by molar-refractivity contribution is 6.36. The molecule has 5 heteroatoms. The number of hydrogen-bond donors (Lipinski definition) is 1. The molecule has 0 amide bonds. The van der Waals surface area contributed by atoms with Crippen LogP contribution in [0.4, 0.5) is 0 Å². The molecule has 0 bridgehead atoms. The van der Waals surface area contributed by atoms with Crippen LogP contribution in [0.15, 0.2) is 0 Å². The zero-order valence-corrected chi connectivity index (χ0v) is 10.7. The van der Waals surface area contributed by atoms with E-state index in [-0.39, 0.29) is 0 Å². The molecule has 1 N–H and O–H groups in total. The Morgan fingerprint density at radius 3 is 1.54 bits per heavy atom. The second-order valence-electron chi connectivity index (χ2n) is 2.59. The molecule has 0 aromatic heterocycles. The van der Waals surface area contributed by atoms with Crippen molar-refractivity contribution in [1.29, 1.82) is 0 Å². The first-order valence-electron chi connectivity index (χ1n) is 4.41. The molecule has 0 rings (SSSR count). The summed E-state index contributed by atoms with van der Waals surface area (Å²) in [6.45, 7) is 4.33. The lowest BCUT2D eigenvalue weighted by Gasteiger charge is -2.05. The van der Waals surface area contributed by atoms with E-state index in [1.54, 1.807) is 21.3 Å². The van der Waals surface area contributed by atoms with Gasteiger partial charge in [-0.25, -0.2) is 0 Å². The summed E-state index contributed by atoms with van der Waals surface area (Å²) < 4.78 is 14.2. The Kier molecular flexibility index (Phi) is 14.4. The lowest BCUT2D eigenvalue weighted by Crippen LogP contribution is -2.21. The van der Waals surface area contributed by atoms with Gasteiger partial charge in [0.05, 0.1) is 0 Å². The lowest BCUT2D eigenvalue weighted by molar-refractivity contribution is 0.163. The van der Waals surface area contributed by atoms with Crippen molar-refractivity contribution in [2.24, 2.45) is 0 Å². The first kappa shape index (κ1) is 15.5. The smallest absolute Gasteiger partial charge is 0.379 e. The Hall–Kier alpha value is 0.0569. The van der Waals surface area contributed by atoms with Crippen LogP contribution >= 0.6 is 0 Å². The van der Waals surface area contributed by atoms with Gasteiger partial charge in [0, 0.05) is 27.4 Å². The Bertz CT molecular complexity index is 81.9. The zero-order chi connectivity index (χ0) is 10.7. The van der Waals surface area contributed by atoms with E-state index in [4.69, 9.17) is 13.3 Å². The Balaban J connectivity index is 0. The van der Waals surface area contributed by atoms with Gasteiger partial charge in [0.1, 0.15) is 0 Å². The molecule has 82 valence electrons. The number of rotatable bonds is 5. The van der Waals surface area contributed by atoms with E-state index in [1.807, 2.05) is 7.05 Å². The maximum atomic E-state index is 4.74. The van der Waals surface area contributed by atoms with Gasteiger partial charge < -0.3 is 18.6 Å². The molecule has 0 saturated carbocycles. The minimum atomic E-state index is -1.67. The third-order valence-electron chi connectivity index (χ3n) is 1.68. The second-order valence-corrected chi connectivity index (χ2v) is 4.59. The lowest BCUT2D eigenvalue weighted by atomic mass is 10.3. The topological polar surface area (TPSA) is 39.7 Å². The summed E-state index contributed by atoms with van der Waals surface area (Å²) in [5.74, 6) is 0. The van der Waals surface area contributed by atoms with Crippen molar-refractivity contribution in [3.05, 3.63) is 0 Å². The molecular weight excluding hydrogens is 186 g/mol. The second kappa shape index (κ2) is 12.1. The summed E-state index contributed by atoms with van der Waals surface area (Å²) in [5, 5.41) is 3.11. The fourth-order valence-corrected chi connectivity index (χ4v) is 1.07. The van der Waals surface area contributed by atoms with Crippen LogP contribution < -0.4 is 5.32 Å². The standard InChI is InChI=1S/C5H13N.C3H10O3Si/c1-4-5(2)6-3;1-4-7(5-2)6-3/h5-6H,4H2,1-3H3;7H,1-3H3. The summed E-state index contributed by atoms with van der Waals surface area (Å²) in [4.78, 5) is 0. The first-order valence-corrected chi connectivity index (χ1v) is 5.83. The van der Waals surface area contributed by atoms with E-state index in [2.05, 4.69) is 19.2 Å². The van der Waals surface area contributed by atoms with Gasteiger partial charge in [0.15, 0.2) is 0 Å². The third-order valence-corrected chi connectivity index (χ3v) is 2.84. The van der Waals surface area contributed by atoms with Crippen LogP contribution in [0, 0.1) is 0 Å². The Labute approximate surface area is 83.5 Å². The first-order chi connectivity index (χ1) is 6.15. The SMILES string of the molecule is CCC(C)NC.CO[SiH](OC)OC. The van der Waals surface area contributed by atoms with Crippen molar-refractivity contribution in [3.8, 4) is 0 Å². The average Bonchev–Trinajstić information content (AvgIpc) is 2.20. The fraction of sp³-hybridized carbons (Fsp3) is 1.00. The predicted octanol–water partition coefficient (Wildman–Crippen LogP) is 0.647. The zero-order valence-electron chi connectivity index (χ0n) is 9.59. The maximum absolute atomic E-state index is 4.74. The fourth-order valence-electron chi connectivity index (χ4n) is 0.493. The van der Waals surface area contributed by atoms with Crippen molar-refractivity contribution in [3.63, 3.8) is 0 Å². The minimum absolute atomic E-state index is 0.685. The number of nitrogens with one attached hydrogen (secondary N) is 1. The predicted molar refractivity (Wildman–Crippen MR) is 57.0 cm³/mol. The van der Waals surface area contributed by atoms with Crippen molar-refractivity contribution in [2.45, 2.75) is 26.3 Å². The minimum Gasteiger partial charge on any atom is -0.379 e. The highest BCUT2D eigenvalue weighted by atomic mass is 28.3. The van der Waals surface area contributed by atoms with Crippen LogP contribution in [-0.4, -0.2) is 43.9 Å². The van der Waals surface area contributed by atoms with E-state index < -0.39 is 9.53 Å². The molecule has 0 saturated heterocycles. The quantitative estimate of drug-likeness (QED) is 0.675. The van der Waals surface area contributed by atoms with Crippen LogP contribution in [-0.2, 0) is 13.3 Å². The summed E-state index contributed by atoms with van der Waals surface area (Å²) in [7, 11) is 5.03. The normalized spacial score (nSPS) is 12.2. The molecule has 13 heavy (non-hydrogen) atoms. The summed E-state index contributed by atoms with van der Waals surface area (Å²) in [6, 6.07) is 0.685. The molecule has 0 aliphatic heterocycles. The van der Waals surface area contributed by atoms with Crippen LogP contribution in [0.3, 0.4) is 0 Å². The summed E-state index contributed by atoms with van der Waals surface area (Å²) in [6.07, 6.45) is 1.22. The van der Waals surface area contributed by atoms with E-state index in [9.17, 15) is 0 Å². The molecule has 0 aliphatic carbocycles. The van der Waals surface area contributed by atoms with Crippen molar-refractivity contribution in [1.82, 2.24) is 5.32 Å². The molecule has 0 radical (unpaired) electrons. The Morgan fingerprint density at radius 1 is 1.15 bits per heavy atom. The van der Waals surface area contributed by atoms with Gasteiger partial charge >= 0.3 is 9.53 Å². The van der Waals surface area contributed by atoms with Gasteiger partial charge in [-0.1, -0.05) is 6.92 Å². The average molecular weight is 209 g/mol. The van der Waals surface area contributed by atoms with E-state index in [0.29, 0.717) is 6.04 Å². The molecule has 1 unspecified atom stereocenters. The van der Waals surface area contributed by atoms with Crippen molar-refractivity contribution >= 4 is 9.53 Å². The molecule has 0 aromatic rings. The van der Waals surface area contributed by atoms with Gasteiger partial charge in [-0.3, -0.25) is 0 Å². The third kappa shape index (κ3) is 12.1. The molecule has 0 aliphatic rings. The van der Waals surface area contributed by atoms with E-state index in [0.717, 1.165) is 0 Å². The van der Waals surface area contributed by atoms with E-state index >= 15 is 0 Å². The summed E-state index contributed by atoms with van der Waals surface area (Å²) in [5.41, 5.74) is 0. The molecular formula is C8H23NO3Si. The van der Waals surface area contributed by atoms with Crippen LogP contribution in [0.2, 0.25) is 0 Å². The van der Waals surface area contributed by atoms with E-state index in [1.165, 1.54) is 6.42 Å². The summed E-state index contributed by atoms with van der Waals surface area (Å²) >= 11 is 0. The number of hydrogen-bond acceptors (Lipinski definition) is 4. The van der Waals surface area contributed by atoms with Crippen molar-refractivity contribution in [2.75, 3.05) is 28.4 Å². The molecule has 4 nitrogen and oxygen atoms in total.